The van der Waals surface area contributed by atoms with Crippen molar-refractivity contribution in [3.05, 3.63) is 48.5 Å². The normalized spacial score (nSPS) is 17.5. The number of carbonyl (C=O) groups excluding carboxylic acids is 1. The van der Waals surface area contributed by atoms with Gasteiger partial charge in [-0.25, -0.2) is 17.7 Å². The molecular formula is C22H25N3O4S2. The summed E-state index contributed by atoms with van der Waals surface area (Å²) >= 11 is 1.44. The third kappa shape index (κ3) is 4.73. The average molecular weight is 460 g/mol. The molecule has 0 bridgehead atoms. The highest BCUT2D eigenvalue weighted by Gasteiger charge is 2.34. The van der Waals surface area contributed by atoms with E-state index < -0.39 is 15.9 Å². The van der Waals surface area contributed by atoms with Gasteiger partial charge in [-0.15, -0.1) is 0 Å². The second-order valence-corrected chi connectivity index (χ2v) is 10.5. The third-order valence-electron chi connectivity index (χ3n) is 5.30. The highest BCUT2D eigenvalue weighted by atomic mass is 32.2. The van der Waals surface area contributed by atoms with E-state index >= 15 is 0 Å². The molecule has 0 radical (unpaired) electrons. The maximum absolute atomic E-state index is 13.7. The van der Waals surface area contributed by atoms with Gasteiger partial charge in [-0.2, -0.15) is 0 Å². The van der Waals surface area contributed by atoms with E-state index in [0.29, 0.717) is 36.8 Å². The van der Waals surface area contributed by atoms with Crippen LogP contribution in [0.3, 0.4) is 0 Å². The predicted molar refractivity (Wildman–Crippen MR) is 124 cm³/mol. The number of anilines is 2. The topological polar surface area (TPSA) is 79.8 Å². The van der Waals surface area contributed by atoms with Crippen LogP contribution in [0, 0.1) is 5.92 Å². The summed E-state index contributed by atoms with van der Waals surface area (Å²) < 4.78 is 32.0. The quantitative estimate of drug-likeness (QED) is 0.556. The minimum Gasteiger partial charge on any atom is -0.494 e. The molecule has 1 amide bonds. The van der Waals surface area contributed by atoms with Gasteiger partial charge in [-0.05, 0) is 56.2 Å². The van der Waals surface area contributed by atoms with Gasteiger partial charge in [0.05, 0.1) is 34.7 Å². The Balaban J connectivity index is 1.71. The van der Waals surface area contributed by atoms with E-state index in [0.717, 1.165) is 16.0 Å². The van der Waals surface area contributed by atoms with E-state index in [1.807, 2.05) is 55.5 Å². The lowest BCUT2D eigenvalue weighted by Crippen LogP contribution is -2.45. The molecule has 1 unspecified atom stereocenters. The zero-order valence-corrected chi connectivity index (χ0v) is 19.2. The van der Waals surface area contributed by atoms with Gasteiger partial charge in [0.1, 0.15) is 5.75 Å². The molecule has 0 aliphatic carbocycles. The van der Waals surface area contributed by atoms with Gasteiger partial charge in [-0.3, -0.25) is 9.69 Å². The molecule has 164 valence electrons. The Hall–Kier alpha value is -2.49. The van der Waals surface area contributed by atoms with Crippen molar-refractivity contribution in [2.75, 3.05) is 30.9 Å². The Kier molecular flexibility index (Phi) is 6.27. The van der Waals surface area contributed by atoms with Crippen molar-refractivity contribution in [2.24, 2.45) is 5.92 Å². The van der Waals surface area contributed by atoms with E-state index in [1.54, 1.807) is 4.90 Å². The summed E-state index contributed by atoms with van der Waals surface area (Å²) in [5, 5.41) is 0.576. The SMILES string of the molecule is CCOc1ccc(N(C(=O)C2CCCN(S(C)(=O)=O)C2)c2nc3ccccc3s2)cc1. The molecule has 4 rings (SSSR count). The monoisotopic (exact) mass is 459 g/mol. The number of amides is 1. The zero-order chi connectivity index (χ0) is 22.0. The highest BCUT2D eigenvalue weighted by molar-refractivity contribution is 7.88. The molecule has 0 spiro atoms. The molecule has 2 aromatic carbocycles. The molecule has 9 heteroatoms. The van der Waals surface area contributed by atoms with Crippen LogP contribution in [0.1, 0.15) is 19.8 Å². The average Bonchev–Trinajstić information content (AvgIpc) is 3.18. The van der Waals surface area contributed by atoms with Gasteiger partial charge in [0.2, 0.25) is 15.9 Å². The van der Waals surface area contributed by atoms with Crippen molar-refractivity contribution in [1.82, 2.24) is 9.29 Å². The molecule has 31 heavy (non-hydrogen) atoms. The number of sulfonamides is 1. The Morgan fingerprint density at radius 3 is 2.65 bits per heavy atom. The van der Waals surface area contributed by atoms with Crippen molar-refractivity contribution >= 4 is 48.3 Å². The number of benzene rings is 2. The van der Waals surface area contributed by atoms with Crippen LogP contribution in [0.5, 0.6) is 5.75 Å². The van der Waals surface area contributed by atoms with E-state index in [4.69, 9.17) is 9.72 Å². The molecule has 2 heterocycles. The number of aromatic nitrogens is 1. The van der Waals surface area contributed by atoms with Gasteiger partial charge in [-0.1, -0.05) is 23.5 Å². The molecule has 1 atom stereocenters. The standard InChI is InChI=1S/C22H25N3O4S2/c1-3-29-18-12-10-17(11-13-18)25(22-23-19-8-4-5-9-20(19)30-22)21(26)16-7-6-14-24(15-16)31(2,27)28/h4-5,8-13,16H,3,6-7,14-15H2,1-2H3. The van der Waals surface area contributed by atoms with Crippen LogP contribution in [0.25, 0.3) is 10.2 Å². The smallest absolute Gasteiger partial charge is 0.237 e. The van der Waals surface area contributed by atoms with Crippen LogP contribution in [0.15, 0.2) is 48.5 Å². The predicted octanol–water partition coefficient (Wildman–Crippen LogP) is 4.03. The summed E-state index contributed by atoms with van der Waals surface area (Å²) in [6.07, 6.45) is 2.49. The Morgan fingerprint density at radius 2 is 1.97 bits per heavy atom. The number of hydrogen-bond donors (Lipinski definition) is 0. The molecule has 1 saturated heterocycles. The van der Waals surface area contributed by atoms with Crippen LogP contribution in [0.4, 0.5) is 10.8 Å². The van der Waals surface area contributed by atoms with Crippen molar-refractivity contribution in [2.45, 2.75) is 19.8 Å². The molecule has 1 aliphatic heterocycles. The minimum absolute atomic E-state index is 0.142. The van der Waals surface area contributed by atoms with Crippen LogP contribution in [-0.4, -0.2) is 49.6 Å². The zero-order valence-electron chi connectivity index (χ0n) is 17.5. The summed E-state index contributed by atoms with van der Waals surface area (Å²) in [6, 6.07) is 15.1. The molecule has 3 aromatic rings. The summed E-state index contributed by atoms with van der Waals surface area (Å²) in [5.41, 5.74) is 1.51. The lowest BCUT2D eigenvalue weighted by molar-refractivity contribution is -0.122. The fraction of sp³-hybridized carbons (Fsp3) is 0.364. The number of para-hydroxylation sites is 1. The van der Waals surface area contributed by atoms with Crippen LogP contribution < -0.4 is 9.64 Å². The van der Waals surface area contributed by atoms with E-state index in [1.165, 1.54) is 21.9 Å². The molecule has 0 N–H and O–H groups in total. The van der Waals surface area contributed by atoms with Gasteiger partial charge in [0, 0.05) is 13.1 Å². The summed E-state index contributed by atoms with van der Waals surface area (Å²) in [4.78, 5) is 20.0. The number of fused-ring (bicyclic) bond motifs is 1. The van der Waals surface area contributed by atoms with Crippen molar-refractivity contribution in [3.8, 4) is 5.75 Å². The maximum Gasteiger partial charge on any atom is 0.237 e. The number of carbonyl (C=O) groups is 1. The highest BCUT2D eigenvalue weighted by Crippen LogP contribution is 2.36. The largest absolute Gasteiger partial charge is 0.494 e. The number of ether oxygens (including phenoxy) is 1. The Morgan fingerprint density at radius 1 is 1.23 bits per heavy atom. The Bertz CT molecular complexity index is 1140. The van der Waals surface area contributed by atoms with Crippen LogP contribution in [-0.2, 0) is 14.8 Å². The second kappa shape index (κ2) is 8.94. The van der Waals surface area contributed by atoms with Gasteiger partial charge in [0.25, 0.3) is 0 Å². The number of rotatable bonds is 6. The first-order valence-corrected chi connectivity index (χ1v) is 12.9. The van der Waals surface area contributed by atoms with Crippen LogP contribution in [0.2, 0.25) is 0 Å². The third-order valence-corrected chi connectivity index (χ3v) is 7.59. The lowest BCUT2D eigenvalue weighted by Gasteiger charge is -2.33. The molecular weight excluding hydrogens is 434 g/mol. The lowest BCUT2D eigenvalue weighted by atomic mass is 9.98. The Labute approximate surface area is 186 Å². The first kappa shape index (κ1) is 21.7. The number of nitrogens with zero attached hydrogens (tertiary/aromatic N) is 3. The van der Waals surface area contributed by atoms with Crippen molar-refractivity contribution in [1.29, 1.82) is 0 Å². The fourth-order valence-corrected chi connectivity index (χ4v) is 5.68. The van der Waals surface area contributed by atoms with E-state index in [2.05, 4.69) is 0 Å². The summed E-state index contributed by atoms with van der Waals surface area (Å²) in [6.45, 7) is 3.12. The number of piperidine rings is 1. The molecule has 1 aromatic heterocycles. The first-order valence-electron chi connectivity index (χ1n) is 10.2. The maximum atomic E-state index is 13.7. The van der Waals surface area contributed by atoms with Gasteiger partial charge >= 0.3 is 0 Å². The van der Waals surface area contributed by atoms with E-state index in [9.17, 15) is 13.2 Å². The summed E-state index contributed by atoms with van der Waals surface area (Å²) in [5.74, 6) is 0.155. The second-order valence-electron chi connectivity index (χ2n) is 7.52. The number of hydrogen-bond acceptors (Lipinski definition) is 6. The van der Waals surface area contributed by atoms with Gasteiger partial charge in [0.15, 0.2) is 5.13 Å². The van der Waals surface area contributed by atoms with Gasteiger partial charge < -0.3 is 4.74 Å². The van der Waals surface area contributed by atoms with Crippen LogP contribution >= 0.6 is 11.3 Å². The molecule has 7 nitrogen and oxygen atoms in total. The molecule has 1 fully saturated rings. The minimum atomic E-state index is -3.35. The fourth-order valence-electron chi connectivity index (χ4n) is 3.77. The molecule has 1 aliphatic rings. The van der Waals surface area contributed by atoms with Crippen molar-refractivity contribution in [3.63, 3.8) is 0 Å². The number of thiazole rings is 1. The first-order chi connectivity index (χ1) is 14.9. The van der Waals surface area contributed by atoms with Crippen molar-refractivity contribution < 1.29 is 17.9 Å². The summed E-state index contributed by atoms with van der Waals surface area (Å²) in [7, 11) is -3.35. The van der Waals surface area contributed by atoms with E-state index in [-0.39, 0.29) is 12.5 Å². The molecule has 0 saturated carbocycles.